The van der Waals surface area contributed by atoms with E-state index in [9.17, 15) is 0 Å². The Morgan fingerprint density at radius 3 is 2.86 bits per heavy atom. The van der Waals surface area contributed by atoms with Crippen LogP contribution in [0.2, 0.25) is 0 Å². The van der Waals surface area contributed by atoms with Gasteiger partial charge in [0.05, 0.1) is 18.5 Å². The third-order valence-electron chi connectivity index (χ3n) is 4.22. The highest BCUT2D eigenvalue weighted by atomic mass is 16.5. The lowest BCUT2D eigenvalue weighted by molar-refractivity contribution is 0.414. The van der Waals surface area contributed by atoms with Crippen molar-refractivity contribution in [1.82, 2.24) is 9.78 Å². The highest BCUT2D eigenvalue weighted by Crippen LogP contribution is 2.25. The maximum Gasteiger partial charge on any atom is 0.119 e. The smallest absolute Gasteiger partial charge is 0.119 e. The quantitative estimate of drug-likeness (QED) is 0.737. The first-order valence-corrected chi connectivity index (χ1v) is 7.62. The lowest BCUT2D eigenvalue weighted by atomic mass is 10.0. The molecule has 1 aliphatic rings. The van der Waals surface area contributed by atoms with Crippen molar-refractivity contribution in [3.8, 4) is 11.4 Å². The standard InChI is InChI=1S/C19H18N2O/c1-22-18-7-4-5-14(12-18)11-16-13-17-10-9-15-6-2-3-8-19(15)21(17)20-16/h2-8,12-13H,9-11H2,1H3. The van der Waals surface area contributed by atoms with Crippen LogP contribution in [0.25, 0.3) is 5.69 Å². The molecule has 3 heteroatoms. The largest absolute Gasteiger partial charge is 0.497 e. The van der Waals surface area contributed by atoms with Crippen LogP contribution in [0, 0.1) is 0 Å². The van der Waals surface area contributed by atoms with Crippen molar-refractivity contribution in [3.63, 3.8) is 0 Å². The Morgan fingerprint density at radius 2 is 1.95 bits per heavy atom. The Balaban J connectivity index is 1.67. The Labute approximate surface area is 130 Å². The van der Waals surface area contributed by atoms with Crippen molar-refractivity contribution in [2.75, 3.05) is 7.11 Å². The molecule has 0 saturated heterocycles. The van der Waals surface area contributed by atoms with Gasteiger partial charge in [0.1, 0.15) is 5.75 Å². The number of benzene rings is 2. The SMILES string of the molecule is COc1cccc(Cc2cc3n(n2)-c2ccccc2CC3)c1. The van der Waals surface area contributed by atoms with Gasteiger partial charge in [0, 0.05) is 12.1 Å². The molecule has 110 valence electrons. The number of ether oxygens (including phenoxy) is 1. The summed E-state index contributed by atoms with van der Waals surface area (Å²) < 4.78 is 7.40. The Kier molecular flexibility index (Phi) is 3.19. The molecule has 0 N–H and O–H groups in total. The van der Waals surface area contributed by atoms with E-state index in [2.05, 4.69) is 47.1 Å². The third-order valence-corrected chi connectivity index (χ3v) is 4.22. The van der Waals surface area contributed by atoms with Gasteiger partial charge in [-0.25, -0.2) is 4.68 Å². The van der Waals surface area contributed by atoms with Gasteiger partial charge in [-0.2, -0.15) is 5.10 Å². The number of aromatic nitrogens is 2. The van der Waals surface area contributed by atoms with Crippen LogP contribution >= 0.6 is 0 Å². The highest BCUT2D eigenvalue weighted by molar-refractivity contribution is 5.45. The molecular formula is C19H18N2O. The van der Waals surface area contributed by atoms with E-state index in [4.69, 9.17) is 9.84 Å². The summed E-state index contributed by atoms with van der Waals surface area (Å²) in [6, 6.07) is 19.0. The van der Waals surface area contributed by atoms with Crippen molar-refractivity contribution in [3.05, 3.63) is 77.1 Å². The molecule has 0 radical (unpaired) electrons. The zero-order valence-electron chi connectivity index (χ0n) is 12.6. The first kappa shape index (κ1) is 13.1. The van der Waals surface area contributed by atoms with Gasteiger partial charge in [0.2, 0.25) is 0 Å². The molecule has 0 bridgehead atoms. The third kappa shape index (κ3) is 2.29. The zero-order valence-corrected chi connectivity index (χ0v) is 12.6. The van der Waals surface area contributed by atoms with E-state index in [1.54, 1.807) is 7.11 Å². The molecule has 0 spiro atoms. The van der Waals surface area contributed by atoms with Gasteiger partial charge in [-0.3, -0.25) is 0 Å². The van der Waals surface area contributed by atoms with E-state index >= 15 is 0 Å². The summed E-state index contributed by atoms with van der Waals surface area (Å²) in [5, 5.41) is 4.82. The number of para-hydroxylation sites is 1. The number of methoxy groups -OCH3 is 1. The molecule has 0 aliphatic carbocycles. The van der Waals surface area contributed by atoms with Gasteiger partial charge in [0.15, 0.2) is 0 Å². The highest BCUT2D eigenvalue weighted by Gasteiger charge is 2.17. The molecule has 0 saturated carbocycles. The van der Waals surface area contributed by atoms with Gasteiger partial charge in [-0.15, -0.1) is 0 Å². The van der Waals surface area contributed by atoms with E-state index < -0.39 is 0 Å². The Morgan fingerprint density at radius 1 is 1.05 bits per heavy atom. The van der Waals surface area contributed by atoms with Crippen LogP contribution < -0.4 is 4.74 Å². The monoisotopic (exact) mass is 290 g/mol. The van der Waals surface area contributed by atoms with Crippen molar-refractivity contribution >= 4 is 0 Å². The van der Waals surface area contributed by atoms with Crippen LogP contribution in [0.15, 0.2) is 54.6 Å². The minimum absolute atomic E-state index is 0.833. The van der Waals surface area contributed by atoms with Crippen molar-refractivity contribution in [1.29, 1.82) is 0 Å². The van der Waals surface area contributed by atoms with Crippen molar-refractivity contribution < 1.29 is 4.74 Å². The minimum Gasteiger partial charge on any atom is -0.497 e. The summed E-state index contributed by atoms with van der Waals surface area (Å²) in [6.07, 6.45) is 2.99. The van der Waals surface area contributed by atoms with Gasteiger partial charge in [-0.05, 0) is 48.2 Å². The maximum absolute atomic E-state index is 5.29. The Hall–Kier alpha value is -2.55. The second-order valence-electron chi connectivity index (χ2n) is 5.70. The van der Waals surface area contributed by atoms with Gasteiger partial charge in [0.25, 0.3) is 0 Å². The molecule has 1 aliphatic heterocycles. The van der Waals surface area contributed by atoms with E-state index in [0.717, 1.165) is 30.7 Å². The molecule has 0 atom stereocenters. The number of rotatable bonds is 3. The average molecular weight is 290 g/mol. The lowest BCUT2D eigenvalue weighted by Crippen LogP contribution is -2.12. The summed E-state index contributed by atoms with van der Waals surface area (Å²) in [4.78, 5) is 0. The van der Waals surface area contributed by atoms with Crippen LogP contribution in [0.4, 0.5) is 0 Å². The van der Waals surface area contributed by atoms with Gasteiger partial charge in [-0.1, -0.05) is 30.3 Å². The number of hydrogen-bond acceptors (Lipinski definition) is 2. The number of nitrogens with zero attached hydrogens (tertiary/aromatic N) is 2. The summed E-state index contributed by atoms with van der Waals surface area (Å²) in [5.74, 6) is 0.895. The van der Waals surface area contributed by atoms with Crippen LogP contribution in [0.5, 0.6) is 5.75 Å². The first-order chi connectivity index (χ1) is 10.8. The topological polar surface area (TPSA) is 27.1 Å². The summed E-state index contributed by atoms with van der Waals surface area (Å²) in [6.45, 7) is 0. The van der Waals surface area contributed by atoms with Gasteiger partial charge < -0.3 is 4.74 Å². The molecular weight excluding hydrogens is 272 g/mol. The molecule has 4 rings (SSSR count). The molecule has 0 amide bonds. The molecule has 2 heterocycles. The summed E-state index contributed by atoms with van der Waals surface area (Å²) in [5.41, 5.74) is 6.24. The molecule has 0 fully saturated rings. The number of hydrogen-bond donors (Lipinski definition) is 0. The molecule has 22 heavy (non-hydrogen) atoms. The Bertz CT molecular complexity index is 820. The van der Waals surface area contributed by atoms with E-state index in [1.165, 1.54) is 22.5 Å². The number of aryl methyl sites for hydroxylation is 2. The first-order valence-electron chi connectivity index (χ1n) is 7.62. The molecule has 1 aromatic heterocycles. The van der Waals surface area contributed by atoms with Crippen LogP contribution in [0.1, 0.15) is 22.5 Å². The normalized spacial score (nSPS) is 12.6. The average Bonchev–Trinajstić information content (AvgIpc) is 2.98. The van der Waals surface area contributed by atoms with E-state index in [-0.39, 0.29) is 0 Å². The minimum atomic E-state index is 0.833. The summed E-state index contributed by atoms with van der Waals surface area (Å²) >= 11 is 0. The van der Waals surface area contributed by atoms with E-state index in [0.29, 0.717) is 0 Å². The summed E-state index contributed by atoms with van der Waals surface area (Å²) in [7, 11) is 1.70. The van der Waals surface area contributed by atoms with Crippen molar-refractivity contribution in [2.45, 2.75) is 19.3 Å². The predicted octanol–water partition coefficient (Wildman–Crippen LogP) is 3.57. The molecule has 3 aromatic rings. The second kappa shape index (κ2) is 5.34. The van der Waals surface area contributed by atoms with Crippen molar-refractivity contribution in [2.24, 2.45) is 0 Å². The van der Waals surface area contributed by atoms with Gasteiger partial charge >= 0.3 is 0 Å². The second-order valence-corrected chi connectivity index (χ2v) is 5.70. The van der Waals surface area contributed by atoms with Crippen LogP contribution in [-0.2, 0) is 19.3 Å². The fourth-order valence-electron chi connectivity index (χ4n) is 3.13. The fraction of sp³-hybridized carbons (Fsp3) is 0.211. The van der Waals surface area contributed by atoms with Crippen LogP contribution in [0.3, 0.4) is 0 Å². The van der Waals surface area contributed by atoms with Crippen LogP contribution in [-0.4, -0.2) is 16.9 Å². The fourth-order valence-corrected chi connectivity index (χ4v) is 3.13. The lowest BCUT2D eigenvalue weighted by Gasteiger charge is -2.17. The maximum atomic E-state index is 5.29. The molecule has 2 aromatic carbocycles. The number of fused-ring (bicyclic) bond motifs is 3. The zero-order chi connectivity index (χ0) is 14.9. The molecule has 3 nitrogen and oxygen atoms in total. The predicted molar refractivity (Wildman–Crippen MR) is 86.8 cm³/mol. The molecule has 0 unspecified atom stereocenters. The van der Waals surface area contributed by atoms with E-state index in [1.807, 2.05) is 12.1 Å².